The number of aromatic nitrogens is 2. The number of nitrogen functional groups attached to an aromatic ring is 1. The first-order valence-corrected chi connectivity index (χ1v) is 5.95. The summed E-state index contributed by atoms with van der Waals surface area (Å²) in [4.78, 5) is 8.32. The van der Waals surface area contributed by atoms with Gasteiger partial charge >= 0.3 is 0 Å². The van der Waals surface area contributed by atoms with Crippen molar-refractivity contribution in [1.82, 2.24) is 9.97 Å². The molecule has 0 saturated heterocycles. The molecule has 2 heterocycles. The average molecular weight is 262 g/mol. The predicted octanol–water partition coefficient (Wildman–Crippen LogP) is 2.88. The zero-order chi connectivity index (χ0) is 13.9. The SMILES string of the molecule is N#Cc1nc(Oc2cnc3ccccc3c2)ccc1N. The summed E-state index contributed by atoms with van der Waals surface area (Å²) in [7, 11) is 0. The number of pyridine rings is 2. The summed E-state index contributed by atoms with van der Waals surface area (Å²) in [5.41, 5.74) is 6.99. The third-order valence-electron chi connectivity index (χ3n) is 2.79. The molecule has 0 saturated carbocycles. The molecule has 20 heavy (non-hydrogen) atoms. The summed E-state index contributed by atoms with van der Waals surface area (Å²) in [6, 6.07) is 14.7. The molecule has 0 radical (unpaired) electrons. The third-order valence-corrected chi connectivity index (χ3v) is 2.79. The van der Waals surface area contributed by atoms with Crippen LogP contribution in [0.25, 0.3) is 10.9 Å². The second-order valence-corrected chi connectivity index (χ2v) is 4.16. The quantitative estimate of drug-likeness (QED) is 0.767. The minimum Gasteiger partial charge on any atom is -0.437 e. The first kappa shape index (κ1) is 11.9. The highest BCUT2D eigenvalue weighted by molar-refractivity contribution is 5.79. The van der Waals surface area contributed by atoms with E-state index in [1.165, 1.54) is 0 Å². The van der Waals surface area contributed by atoms with E-state index in [1.807, 2.05) is 36.4 Å². The lowest BCUT2D eigenvalue weighted by atomic mass is 10.2. The summed E-state index contributed by atoms with van der Waals surface area (Å²) in [5, 5.41) is 9.86. The van der Waals surface area contributed by atoms with E-state index in [0.717, 1.165) is 10.9 Å². The van der Waals surface area contributed by atoms with E-state index in [0.29, 0.717) is 17.3 Å². The third kappa shape index (κ3) is 2.22. The molecule has 0 unspecified atom stereocenters. The Morgan fingerprint density at radius 2 is 2.00 bits per heavy atom. The van der Waals surface area contributed by atoms with Gasteiger partial charge < -0.3 is 10.5 Å². The molecule has 3 rings (SSSR count). The normalized spacial score (nSPS) is 10.2. The molecule has 1 aromatic carbocycles. The Hall–Kier alpha value is -3.13. The maximum absolute atomic E-state index is 8.89. The maximum atomic E-state index is 8.89. The highest BCUT2D eigenvalue weighted by atomic mass is 16.5. The van der Waals surface area contributed by atoms with E-state index in [2.05, 4.69) is 9.97 Å². The number of anilines is 1. The van der Waals surface area contributed by atoms with Crippen LogP contribution in [0.2, 0.25) is 0 Å². The standard InChI is InChI=1S/C15H10N4O/c16-8-14-12(17)5-6-15(19-14)20-11-7-10-3-1-2-4-13(10)18-9-11/h1-7,9H,17H2. The van der Waals surface area contributed by atoms with Gasteiger partial charge in [0.15, 0.2) is 5.69 Å². The van der Waals surface area contributed by atoms with Crippen molar-refractivity contribution in [3.8, 4) is 17.7 Å². The summed E-state index contributed by atoms with van der Waals surface area (Å²) in [6.45, 7) is 0. The van der Waals surface area contributed by atoms with Crippen LogP contribution >= 0.6 is 0 Å². The number of nitrogens with zero attached hydrogens (tertiary/aromatic N) is 3. The summed E-state index contributed by atoms with van der Waals surface area (Å²) < 4.78 is 5.60. The molecular formula is C15H10N4O. The minimum atomic E-state index is 0.149. The summed E-state index contributed by atoms with van der Waals surface area (Å²) in [6.07, 6.45) is 1.62. The number of hydrogen-bond donors (Lipinski definition) is 1. The smallest absolute Gasteiger partial charge is 0.220 e. The Labute approximate surface area is 115 Å². The molecule has 3 aromatic rings. The van der Waals surface area contributed by atoms with Gasteiger partial charge in [-0.25, -0.2) is 4.98 Å². The number of nitriles is 1. The van der Waals surface area contributed by atoms with Crippen molar-refractivity contribution in [1.29, 1.82) is 5.26 Å². The number of para-hydroxylation sites is 1. The summed E-state index contributed by atoms with van der Waals surface area (Å²) >= 11 is 0. The fraction of sp³-hybridized carbons (Fsp3) is 0. The maximum Gasteiger partial charge on any atom is 0.220 e. The second-order valence-electron chi connectivity index (χ2n) is 4.16. The predicted molar refractivity (Wildman–Crippen MR) is 75.2 cm³/mol. The molecule has 0 fully saturated rings. The van der Waals surface area contributed by atoms with Gasteiger partial charge in [-0.2, -0.15) is 5.26 Å². The molecule has 5 nitrogen and oxygen atoms in total. The molecule has 5 heteroatoms. The van der Waals surface area contributed by atoms with Gasteiger partial charge in [-0.1, -0.05) is 18.2 Å². The van der Waals surface area contributed by atoms with E-state index in [-0.39, 0.29) is 5.69 Å². The van der Waals surface area contributed by atoms with Crippen LogP contribution in [0.1, 0.15) is 5.69 Å². The van der Waals surface area contributed by atoms with Gasteiger partial charge in [0.05, 0.1) is 17.4 Å². The van der Waals surface area contributed by atoms with E-state index in [1.54, 1.807) is 18.3 Å². The number of nitrogens with two attached hydrogens (primary N) is 1. The summed E-state index contributed by atoms with van der Waals surface area (Å²) in [5.74, 6) is 0.873. The van der Waals surface area contributed by atoms with Gasteiger partial charge in [0.1, 0.15) is 11.8 Å². The van der Waals surface area contributed by atoms with Crippen LogP contribution in [0.15, 0.2) is 48.7 Å². The Balaban J connectivity index is 1.95. The molecule has 0 spiro atoms. The van der Waals surface area contributed by atoms with E-state index in [9.17, 15) is 0 Å². The van der Waals surface area contributed by atoms with Crippen molar-refractivity contribution >= 4 is 16.6 Å². The number of benzene rings is 1. The van der Waals surface area contributed by atoms with Gasteiger partial charge in [-0.3, -0.25) is 4.98 Å². The van der Waals surface area contributed by atoms with Crippen LogP contribution in [0.4, 0.5) is 5.69 Å². The van der Waals surface area contributed by atoms with E-state index >= 15 is 0 Å². The largest absolute Gasteiger partial charge is 0.437 e. The van der Waals surface area contributed by atoms with Crippen molar-refractivity contribution in [2.45, 2.75) is 0 Å². The van der Waals surface area contributed by atoms with Crippen molar-refractivity contribution < 1.29 is 4.74 Å². The Morgan fingerprint density at radius 3 is 2.85 bits per heavy atom. The molecular weight excluding hydrogens is 252 g/mol. The zero-order valence-electron chi connectivity index (χ0n) is 10.4. The van der Waals surface area contributed by atoms with Gasteiger partial charge in [-0.05, 0) is 18.2 Å². The van der Waals surface area contributed by atoms with Gasteiger partial charge in [0, 0.05) is 11.5 Å². The molecule has 0 aliphatic rings. The Kier molecular flexibility index (Phi) is 2.90. The average Bonchev–Trinajstić information content (AvgIpc) is 2.49. The molecule has 0 atom stereocenters. The van der Waals surface area contributed by atoms with Gasteiger partial charge in [0.25, 0.3) is 0 Å². The van der Waals surface area contributed by atoms with Crippen LogP contribution in [0.5, 0.6) is 11.6 Å². The van der Waals surface area contributed by atoms with Crippen molar-refractivity contribution in [3.05, 3.63) is 54.4 Å². The number of rotatable bonds is 2. The fourth-order valence-corrected chi connectivity index (χ4v) is 1.83. The van der Waals surface area contributed by atoms with Crippen LogP contribution in [0, 0.1) is 11.3 Å². The van der Waals surface area contributed by atoms with Crippen LogP contribution in [0.3, 0.4) is 0 Å². The topological polar surface area (TPSA) is 84.8 Å². The lowest BCUT2D eigenvalue weighted by molar-refractivity contribution is 0.461. The monoisotopic (exact) mass is 262 g/mol. The first-order valence-electron chi connectivity index (χ1n) is 5.95. The molecule has 2 aromatic heterocycles. The lowest BCUT2D eigenvalue weighted by Crippen LogP contribution is -1.96. The number of hydrogen-bond acceptors (Lipinski definition) is 5. The van der Waals surface area contributed by atoms with Crippen molar-refractivity contribution in [2.24, 2.45) is 0 Å². The lowest BCUT2D eigenvalue weighted by Gasteiger charge is -2.06. The van der Waals surface area contributed by atoms with E-state index < -0.39 is 0 Å². The molecule has 96 valence electrons. The second kappa shape index (κ2) is 4.86. The van der Waals surface area contributed by atoms with Crippen molar-refractivity contribution in [3.63, 3.8) is 0 Å². The van der Waals surface area contributed by atoms with Crippen LogP contribution in [-0.2, 0) is 0 Å². The van der Waals surface area contributed by atoms with E-state index in [4.69, 9.17) is 15.7 Å². The highest BCUT2D eigenvalue weighted by Crippen LogP contribution is 2.24. The minimum absolute atomic E-state index is 0.149. The Morgan fingerprint density at radius 1 is 1.15 bits per heavy atom. The van der Waals surface area contributed by atoms with Crippen molar-refractivity contribution in [2.75, 3.05) is 5.73 Å². The Bertz CT molecular complexity index is 823. The molecule has 0 aliphatic carbocycles. The molecule has 0 amide bonds. The number of fused-ring (bicyclic) bond motifs is 1. The van der Waals surface area contributed by atoms with Crippen LogP contribution < -0.4 is 10.5 Å². The zero-order valence-corrected chi connectivity index (χ0v) is 10.4. The van der Waals surface area contributed by atoms with Gasteiger partial charge in [0.2, 0.25) is 5.88 Å². The van der Waals surface area contributed by atoms with Crippen LogP contribution in [-0.4, -0.2) is 9.97 Å². The number of ether oxygens (including phenoxy) is 1. The fourth-order valence-electron chi connectivity index (χ4n) is 1.83. The highest BCUT2D eigenvalue weighted by Gasteiger charge is 2.05. The molecule has 0 bridgehead atoms. The molecule has 2 N–H and O–H groups in total. The first-order chi connectivity index (χ1) is 9.76. The van der Waals surface area contributed by atoms with Gasteiger partial charge in [-0.15, -0.1) is 0 Å². The molecule has 0 aliphatic heterocycles.